The van der Waals surface area contributed by atoms with Gasteiger partial charge in [-0.1, -0.05) is 121 Å². The Labute approximate surface area is 300 Å². The average Bonchev–Trinajstić information content (AvgIpc) is 3.43. The maximum atomic E-state index is 12.3. The fourth-order valence-electron chi connectivity index (χ4n) is 7.91. The van der Waals surface area contributed by atoms with Gasteiger partial charge < -0.3 is 9.47 Å². The minimum Gasteiger partial charge on any atom is -0.463 e. The van der Waals surface area contributed by atoms with Crippen LogP contribution in [-0.4, -0.2) is 25.2 Å². The van der Waals surface area contributed by atoms with E-state index in [2.05, 4.69) is 121 Å². The van der Waals surface area contributed by atoms with Crippen LogP contribution in [-0.2, 0) is 24.5 Å². The smallest absolute Gasteiger partial charge is 0.330 e. The number of ether oxygens (including phenoxy) is 2. The van der Waals surface area contributed by atoms with Gasteiger partial charge in [0.25, 0.3) is 0 Å². The summed E-state index contributed by atoms with van der Waals surface area (Å²) in [6, 6.07) is 43.8. The first-order valence-corrected chi connectivity index (χ1v) is 17.9. The van der Waals surface area contributed by atoms with E-state index in [-0.39, 0.29) is 11.9 Å². The summed E-state index contributed by atoms with van der Waals surface area (Å²) in [4.78, 5) is 24.6. The third-order valence-corrected chi connectivity index (χ3v) is 10.2. The van der Waals surface area contributed by atoms with Crippen molar-refractivity contribution in [2.45, 2.75) is 44.9 Å². The molecule has 0 N–H and O–H groups in total. The number of fused-ring (bicyclic) bond motifs is 5. The highest BCUT2D eigenvalue weighted by atomic mass is 16.5. The van der Waals surface area contributed by atoms with Crippen molar-refractivity contribution in [3.63, 3.8) is 0 Å². The maximum absolute atomic E-state index is 12.3. The van der Waals surface area contributed by atoms with Gasteiger partial charge in [0.05, 0.1) is 13.2 Å². The van der Waals surface area contributed by atoms with Crippen molar-refractivity contribution in [3.05, 3.63) is 157 Å². The van der Waals surface area contributed by atoms with Gasteiger partial charge in [0.2, 0.25) is 0 Å². The molecule has 0 aromatic heterocycles. The zero-order chi connectivity index (χ0) is 35.2. The summed E-state index contributed by atoms with van der Waals surface area (Å²) in [5.41, 5.74) is 9.26. The molecule has 0 aliphatic heterocycles. The van der Waals surface area contributed by atoms with E-state index in [9.17, 15) is 9.59 Å². The van der Waals surface area contributed by atoms with Gasteiger partial charge in [0.1, 0.15) is 0 Å². The average molecular weight is 671 g/mol. The molecule has 1 aliphatic carbocycles. The molecule has 0 unspecified atom stereocenters. The number of rotatable bonds is 12. The van der Waals surface area contributed by atoms with Crippen LogP contribution in [0, 0.1) is 0 Å². The minimum atomic E-state index is -0.411. The Hall–Kier alpha value is -5.74. The van der Waals surface area contributed by atoms with Crippen LogP contribution in [0.15, 0.2) is 146 Å². The molecule has 0 amide bonds. The van der Waals surface area contributed by atoms with Gasteiger partial charge in [-0.3, -0.25) is 0 Å². The number of hydrogen-bond donors (Lipinski definition) is 0. The van der Waals surface area contributed by atoms with Gasteiger partial charge in [-0.25, -0.2) is 9.59 Å². The molecule has 6 aromatic carbocycles. The van der Waals surface area contributed by atoms with Crippen molar-refractivity contribution >= 4 is 33.5 Å². The Morgan fingerprint density at radius 2 is 0.961 bits per heavy atom. The standard InChI is InChI=1S/C47H42O4/c1-3-13-45(48)50-29-11-27-47(28-12-30-51-46(49)14-4-2)43-31-35(39-21-9-17-33-15-5-7-19-37(33)39)23-25-41(43)42-26-24-36(32-44(42)47)40-22-10-18-34-16-6-8-20-38(34)40/h3-10,13-26,31-32H,11-12,27-30H2,1-2H3. The zero-order valence-corrected chi connectivity index (χ0v) is 29.2. The van der Waals surface area contributed by atoms with Gasteiger partial charge in [0.15, 0.2) is 0 Å². The Morgan fingerprint density at radius 3 is 1.41 bits per heavy atom. The first kappa shape index (κ1) is 33.7. The van der Waals surface area contributed by atoms with E-state index in [1.54, 1.807) is 12.2 Å². The number of hydrogen-bond acceptors (Lipinski definition) is 4. The fraction of sp³-hybridized carbons (Fsp3) is 0.191. The fourth-order valence-corrected chi connectivity index (χ4v) is 7.91. The number of esters is 2. The van der Waals surface area contributed by atoms with E-state index in [0.717, 1.165) is 24.0 Å². The SMILES string of the molecule is CC=CC(=O)OCCCC1(CCCOC(=O)C=CC)c2cc(-c3cccc4ccccc34)ccc2-c2ccc(-c3cccc4ccccc34)cc21. The Balaban J connectivity index is 1.37. The predicted molar refractivity (Wildman–Crippen MR) is 209 cm³/mol. The maximum Gasteiger partial charge on any atom is 0.330 e. The molecule has 51 heavy (non-hydrogen) atoms. The van der Waals surface area contributed by atoms with Crippen molar-refractivity contribution in [3.8, 4) is 33.4 Å². The highest BCUT2D eigenvalue weighted by molar-refractivity contribution is 5.99. The van der Waals surface area contributed by atoms with Gasteiger partial charge in [-0.15, -0.1) is 0 Å². The summed E-state index contributed by atoms with van der Waals surface area (Å²) < 4.78 is 11.3. The Kier molecular flexibility index (Phi) is 9.94. The summed E-state index contributed by atoms with van der Waals surface area (Å²) in [6.45, 7) is 4.26. The lowest BCUT2D eigenvalue weighted by atomic mass is 9.70. The lowest BCUT2D eigenvalue weighted by Crippen LogP contribution is -2.27. The van der Waals surface area contributed by atoms with Crippen LogP contribution in [0.3, 0.4) is 0 Å². The number of carbonyl (C=O) groups excluding carboxylic acids is 2. The molecule has 6 aromatic rings. The van der Waals surface area contributed by atoms with Crippen molar-refractivity contribution in [1.82, 2.24) is 0 Å². The second-order valence-electron chi connectivity index (χ2n) is 13.2. The molecule has 7 rings (SSSR count). The summed E-state index contributed by atoms with van der Waals surface area (Å²) >= 11 is 0. The Morgan fingerprint density at radius 1 is 0.529 bits per heavy atom. The van der Waals surface area contributed by atoms with Crippen LogP contribution in [0.25, 0.3) is 54.9 Å². The summed E-state index contributed by atoms with van der Waals surface area (Å²) in [5, 5.41) is 4.84. The molecule has 0 saturated heterocycles. The predicted octanol–water partition coefficient (Wildman–Crippen LogP) is 11.4. The van der Waals surface area contributed by atoms with Crippen LogP contribution in [0.4, 0.5) is 0 Å². The van der Waals surface area contributed by atoms with E-state index < -0.39 is 5.41 Å². The van der Waals surface area contributed by atoms with E-state index in [1.807, 2.05) is 13.8 Å². The van der Waals surface area contributed by atoms with Crippen LogP contribution in [0.1, 0.15) is 50.7 Å². The number of allylic oxidation sites excluding steroid dienone is 2. The summed E-state index contributed by atoms with van der Waals surface area (Å²) in [5.74, 6) is -0.655. The lowest BCUT2D eigenvalue weighted by Gasteiger charge is -2.33. The topological polar surface area (TPSA) is 52.6 Å². The molecule has 0 bridgehead atoms. The summed E-state index contributed by atoms with van der Waals surface area (Å²) in [7, 11) is 0. The van der Waals surface area contributed by atoms with Crippen LogP contribution in [0.2, 0.25) is 0 Å². The third-order valence-electron chi connectivity index (χ3n) is 10.2. The van der Waals surface area contributed by atoms with Crippen LogP contribution in [0.5, 0.6) is 0 Å². The zero-order valence-electron chi connectivity index (χ0n) is 29.2. The summed E-state index contributed by atoms with van der Waals surface area (Å²) in [6.07, 6.45) is 9.20. The largest absolute Gasteiger partial charge is 0.463 e. The second-order valence-corrected chi connectivity index (χ2v) is 13.2. The van der Waals surface area contributed by atoms with Gasteiger partial charge in [-0.2, -0.15) is 0 Å². The quantitative estimate of drug-likeness (QED) is 0.0739. The monoisotopic (exact) mass is 670 g/mol. The van der Waals surface area contributed by atoms with E-state index in [4.69, 9.17) is 9.47 Å². The number of benzene rings is 6. The van der Waals surface area contributed by atoms with Crippen LogP contribution >= 0.6 is 0 Å². The lowest BCUT2D eigenvalue weighted by molar-refractivity contribution is -0.138. The highest BCUT2D eigenvalue weighted by Crippen LogP contribution is 2.55. The third kappa shape index (κ3) is 6.74. The molecule has 0 atom stereocenters. The molecule has 1 aliphatic rings. The molecule has 0 fully saturated rings. The minimum absolute atomic E-state index is 0.317. The Bertz CT molecular complexity index is 2120. The molecular weight excluding hydrogens is 629 g/mol. The molecule has 0 radical (unpaired) electrons. The van der Waals surface area contributed by atoms with E-state index in [0.29, 0.717) is 26.1 Å². The van der Waals surface area contributed by atoms with Gasteiger partial charge in [0, 0.05) is 17.6 Å². The van der Waals surface area contributed by atoms with Crippen molar-refractivity contribution in [1.29, 1.82) is 0 Å². The van der Waals surface area contributed by atoms with Gasteiger partial charge >= 0.3 is 11.9 Å². The molecule has 4 heteroatoms. The van der Waals surface area contributed by atoms with Crippen molar-refractivity contribution < 1.29 is 19.1 Å². The van der Waals surface area contributed by atoms with E-state index in [1.165, 1.54) is 67.1 Å². The van der Waals surface area contributed by atoms with Gasteiger partial charge in [-0.05, 0) is 118 Å². The molecular formula is C47H42O4. The number of carbonyl (C=O) groups is 2. The molecule has 4 nitrogen and oxygen atoms in total. The van der Waals surface area contributed by atoms with Crippen LogP contribution < -0.4 is 0 Å². The first-order valence-electron chi connectivity index (χ1n) is 17.9. The molecule has 254 valence electrons. The molecule has 0 heterocycles. The molecule has 0 saturated carbocycles. The second kappa shape index (κ2) is 15.0. The van der Waals surface area contributed by atoms with Crippen molar-refractivity contribution in [2.24, 2.45) is 0 Å². The normalized spacial score (nSPS) is 13.1. The van der Waals surface area contributed by atoms with E-state index >= 15 is 0 Å². The van der Waals surface area contributed by atoms with Crippen molar-refractivity contribution in [2.75, 3.05) is 13.2 Å². The first-order chi connectivity index (χ1) is 25.0. The highest BCUT2D eigenvalue weighted by Gasteiger charge is 2.43. The molecule has 0 spiro atoms.